The molecule has 0 bridgehead atoms. The minimum Gasteiger partial charge on any atom is -0.481 e. The molecule has 0 saturated heterocycles. The lowest BCUT2D eigenvalue weighted by atomic mass is 9.53. The molecule has 1 saturated carbocycles. The Labute approximate surface area is 81.2 Å². The lowest BCUT2D eigenvalue weighted by molar-refractivity contribution is -0.175. The van der Waals surface area contributed by atoms with Crippen LogP contribution < -0.4 is 0 Å². The van der Waals surface area contributed by atoms with Crippen LogP contribution in [0.15, 0.2) is 12.2 Å². The molecule has 0 amide bonds. The van der Waals surface area contributed by atoms with Gasteiger partial charge in [0.15, 0.2) is 0 Å². The number of carboxylic acid groups (broad SMARTS) is 2. The van der Waals surface area contributed by atoms with Crippen LogP contribution in [0.5, 0.6) is 0 Å². The van der Waals surface area contributed by atoms with E-state index in [-0.39, 0.29) is 11.8 Å². The first-order valence-corrected chi connectivity index (χ1v) is 4.73. The number of carbonyl (C=O) groups is 2. The van der Waals surface area contributed by atoms with E-state index in [0.717, 1.165) is 0 Å². The molecule has 4 heteroatoms. The van der Waals surface area contributed by atoms with E-state index in [0.29, 0.717) is 12.8 Å². The van der Waals surface area contributed by atoms with Crippen LogP contribution in [0.25, 0.3) is 0 Å². The van der Waals surface area contributed by atoms with Crippen LogP contribution in [0, 0.1) is 23.7 Å². The molecule has 2 unspecified atom stereocenters. The summed E-state index contributed by atoms with van der Waals surface area (Å²) < 4.78 is 0. The Morgan fingerprint density at radius 3 is 1.57 bits per heavy atom. The maximum absolute atomic E-state index is 10.9. The van der Waals surface area contributed by atoms with Gasteiger partial charge in [0.25, 0.3) is 0 Å². The summed E-state index contributed by atoms with van der Waals surface area (Å²) in [4.78, 5) is 21.7. The van der Waals surface area contributed by atoms with Gasteiger partial charge in [0.2, 0.25) is 0 Å². The van der Waals surface area contributed by atoms with Crippen LogP contribution >= 0.6 is 0 Å². The molecule has 0 aromatic carbocycles. The summed E-state index contributed by atoms with van der Waals surface area (Å²) in [6.45, 7) is 0. The molecule has 2 rings (SSSR count). The van der Waals surface area contributed by atoms with E-state index in [9.17, 15) is 9.59 Å². The summed E-state index contributed by atoms with van der Waals surface area (Å²) in [5.41, 5.74) is 0. The highest BCUT2D eigenvalue weighted by molar-refractivity contribution is 5.83. The number of rotatable bonds is 2. The predicted molar refractivity (Wildman–Crippen MR) is 47.6 cm³/mol. The summed E-state index contributed by atoms with van der Waals surface area (Å²) in [5.74, 6) is -3.20. The molecule has 1 fully saturated rings. The zero-order valence-electron chi connectivity index (χ0n) is 7.59. The largest absolute Gasteiger partial charge is 0.481 e. The van der Waals surface area contributed by atoms with Gasteiger partial charge in [-0.15, -0.1) is 0 Å². The Morgan fingerprint density at radius 1 is 0.929 bits per heavy atom. The van der Waals surface area contributed by atoms with Crippen molar-refractivity contribution in [2.24, 2.45) is 23.7 Å². The molecule has 0 aromatic heterocycles. The summed E-state index contributed by atoms with van der Waals surface area (Å²) in [5, 5.41) is 17.8. The second-order valence-electron chi connectivity index (χ2n) is 4.00. The van der Waals surface area contributed by atoms with Crippen LogP contribution in [0.1, 0.15) is 12.8 Å². The normalized spacial score (nSPS) is 39.7. The van der Waals surface area contributed by atoms with E-state index >= 15 is 0 Å². The van der Waals surface area contributed by atoms with E-state index in [2.05, 4.69) is 0 Å². The third-order valence-corrected chi connectivity index (χ3v) is 3.41. The molecule has 4 nitrogen and oxygen atoms in total. The molecule has 0 heterocycles. The second kappa shape index (κ2) is 3.12. The topological polar surface area (TPSA) is 74.6 Å². The zero-order valence-corrected chi connectivity index (χ0v) is 7.59. The fourth-order valence-electron chi connectivity index (χ4n) is 2.74. The fourth-order valence-corrected chi connectivity index (χ4v) is 2.74. The lowest BCUT2D eigenvalue weighted by Crippen LogP contribution is -2.54. The van der Waals surface area contributed by atoms with Crippen molar-refractivity contribution in [3.8, 4) is 0 Å². The highest BCUT2D eigenvalue weighted by atomic mass is 16.4. The standard InChI is InChI=1S/C10H12O4/c11-9(12)7-5-3-1-2-4-6(5)8(7)10(13)14/h1-2,5-8H,3-4H2,(H,11,12)(H,13,14)/t5-,6+,7?,8?. The minimum atomic E-state index is -0.964. The molecule has 2 N–H and O–H groups in total. The van der Waals surface area contributed by atoms with Crippen molar-refractivity contribution in [2.75, 3.05) is 0 Å². The maximum atomic E-state index is 10.9. The number of allylic oxidation sites excluding steroid dienone is 2. The van der Waals surface area contributed by atoms with Gasteiger partial charge in [0, 0.05) is 0 Å². The number of fused-ring (bicyclic) bond motifs is 1. The Morgan fingerprint density at radius 2 is 1.29 bits per heavy atom. The molecule has 0 aliphatic heterocycles. The third-order valence-electron chi connectivity index (χ3n) is 3.41. The predicted octanol–water partition coefficient (Wildman–Crippen LogP) is 0.984. The van der Waals surface area contributed by atoms with Gasteiger partial charge in [0.1, 0.15) is 0 Å². The first kappa shape index (κ1) is 9.24. The SMILES string of the molecule is O=C(O)C1C(C(=O)O)[C@@H]2CC=CC[C@H]12. The summed E-state index contributed by atoms with van der Waals surface area (Å²) in [6, 6.07) is 0. The molecular formula is C10H12O4. The first-order valence-electron chi connectivity index (χ1n) is 4.73. The molecule has 2 aliphatic rings. The van der Waals surface area contributed by atoms with Crippen molar-refractivity contribution in [1.82, 2.24) is 0 Å². The van der Waals surface area contributed by atoms with Gasteiger partial charge < -0.3 is 10.2 Å². The van der Waals surface area contributed by atoms with E-state index in [1.165, 1.54) is 0 Å². The number of hydrogen-bond donors (Lipinski definition) is 2. The highest BCUT2D eigenvalue weighted by Crippen LogP contribution is 2.52. The van der Waals surface area contributed by atoms with Gasteiger partial charge >= 0.3 is 11.9 Å². The number of aliphatic carboxylic acids is 2. The molecule has 76 valence electrons. The molecule has 0 radical (unpaired) electrons. The molecule has 0 aromatic rings. The van der Waals surface area contributed by atoms with Gasteiger partial charge in [-0.25, -0.2) is 0 Å². The summed E-state index contributed by atoms with van der Waals surface area (Å²) in [7, 11) is 0. The molecular weight excluding hydrogens is 184 g/mol. The van der Waals surface area contributed by atoms with Crippen molar-refractivity contribution in [3.63, 3.8) is 0 Å². The second-order valence-corrected chi connectivity index (χ2v) is 4.00. The Kier molecular flexibility index (Phi) is 2.06. The van der Waals surface area contributed by atoms with Crippen molar-refractivity contribution in [2.45, 2.75) is 12.8 Å². The molecule has 14 heavy (non-hydrogen) atoms. The van der Waals surface area contributed by atoms with Crippen molar-refractivity contribution in [1.29, 1.82) is 0 Å². The van der Waals surface area contributed by atoms with Gasteiger partial charge in [-0.1, -0.05) is 12.2 Å². The fraction of sp³-hybridized carbons (Fsp3) is 0.600. The Balaban J connectivity index is 2.20. The van der Waals surface area contributed by atoms with Gasteiger partial charge in [-0.2, -0.15) is 0 Å². The Bertz CT molecular complexity index is 277. The van der Waals surface area contributed by atoms with Crippen LogP contribution in [0.3, 0.4) is 0 Å². The monoisotopic (exact) mass is 196 g/mol. The highest BCUT2D eigenvalue weighted by Gasteiger charge is 2.57. The van der Waals surface area contributed by atoms with Crippen LogP contribution in [-0.2, 0) is 9.59 Å². The van der Waals surface area contributed by atoms with Crippen LogP contribution in [0.2, 0.25) is 0 Å². The van der Waals surface area contributed by atoms with Crippen LogP contribution in [0.4, 0.5) is 0 Å². The average molecular weight is 196 g/mol. The van der Waals surface area contributed by atoms with Crippen molar-refractivity contribution < 1.29 is 19.8 Å². The summed E-state index contributed by atoms with van der Waals surface area (Å²) in [6.07, 6.45) is 5.33. The Hall–Kier alpha value is -1.32. The van der Waals surface area contributed by atoms with E-state index in [1.807, 2.05) is 12.2 Å². The van der Waals surface area contributed by atoms with Crippen molar-refractivity contribution >= 4 is 11.9 Å². The minimum absolute atomic E-state index is 0.0404. The maximum Gasteiger partial charge on any atom is 0.307 e. The first-order chi connectivity index (χ1) is 6.63. The van der Waals surface area contributed by atoms with Crippen molar-refractivity contribution in [3.05, 3.63) is 12.2 Å². The average Bonchev–Trinajstić information content (AvgIpc) is 2.05. The third kappa shape index (κ3) is 1.14. The molecule has 2 aliphatic carbocycles. The van der Waals surface area contributed by atoms with E-state index < -0.39 is 23.8 Å². The molecule has 0 spiro atoms. The number of carboxylic acids is 2. The summed E-state index contributed by atoms with van der Waals surface area (Å²) >= 11 is 0. The van der Waals surface area contributed by atoms with E-state index in [1.54, 1.807) is 0 Å². The van der Waals surface area contributed by atoms with Crippen LogP contribution in [-0.4, -0.2) is 22.2 Å². The zero-order chi connectivity index (χ0) is 10.3. The lowest BCUT2D eigenvalue weighted by Gasteiger charge is -2.48. The quantitative estimate of drug-likeness (QED) is 0.646. The van der Waals surface area contributed by atoms with Gasteiger partial charge in [-0.05, 0) is 24.7 Å². The van der Waals surface area contributed by atoms with Gasteiger partial charge in [0.05, 0.1) is 11.8 Å². The van der Waals surface area contributed by atoms with Gasteiger partial charge in [-0.3, -0.25) is 9.59 Å². The number of hydrogen-bond acceptors (Lipinski definition) is 2. The smallest absolute Gasteiger partial charge is 0.307 e. The molecule has 4 atom stereocenters. The van der Waals surface area contributed by atoms with E-state index in [4.69, 9.17) is 10.2 Å².